The zero-order valence-corrected chi connectivity index (χ0v) is 13.6. The van der Waals surface area contributed by atoms with Gasteiger partial charge in [-0.1, -0.05) is 57.2 Å². The van der Waals surface area contributed by atoms with Crippen molar-refractivity contribution in [3.63, 3.8) is 0 Å². The van der Waals surface area contributed by atoms with E-state index in [2.05, 4.69) is 20.8 Å². The molecule has 0 spiro atoms. The fourth-order valence-corrected chi connectivity index (χ4v) is 2.18. The van der Waals surface area contributed by atoms with E-state index >= 15 is 0 Å². The van der Waals surface area contributed by atoms with Gasteiger partial charge in [-0.3, -0.25) is 9.59 Å². The van der Waals surface area contributed by atoms with E-state index in [1.165, 1.54) is 0 Å². The molecular formula is C19H21NO3. The third-order valence-corrected chi connectivity index (χ3v) is 3.58. The Hall–Kier alpha value is -2.62. The third kappa shape index (κ3) is 4.19. The summed E-state index contributed by atoms with van der Waals surface area (Å²) in [6.07, 6.45) is 0. The molecule has 0 heterocycles. The summed E-state index contributed by atoms with van der Waals surface area (Å²) in [6, 6.07) is 14.1. The molecule has 2 rings (SSSR count). The minimum Gasteiger partial charge on any atom is -0.485 e. The van der Waals surface area contributed by atoms with Crippen molar-refractivity contribution in [2.75, 3.05) is 6.61 Å². The van der Waals surface area contributed by atoms with Crippen LogP contribution in [0.2, 0.25) is 0 Å². The van der Waals surface area contributed by atoms with E-state index in [9.17, 15) is 9.59 Å². The number of carbonyl (C=O) groups is 2. The summed E-state index contributed by atoms with van der Waals surface area (Å²) < 4.78 is 5.46. The van der Waals surface area contributed by atoms with E-state index < -0.39 is 5.91 Å². The van der Waals surface area contributed by atoms with Gasteiger partial charge in [0, 0.05) is 5.56 Å². The molecule has 2 N–H and O–H groups in total. The highest BCUT2D eigenvalue weighted by Gasteiger charge is 2.15. The maximum absolute atomic E-state index is 12.2. The van der Waals surface area contributed by atoms with Crippen LogP contribution >= 0.6 is 0 Å². The number of hydrogen-bond acceptors (Lipinski definition) is 3. The van der Waals surface area contributed by atoms with Crippen molar-refractivity contribution in [1.82, 2.24) is 0 Å². The maximum atomic E-state index is 12.2. The summed E-state index contributed by atoms with van der Waals surface area (Å²) in [5.74, 6) is -0.410. The average molecular weight is 311 g/mol. The molecular weight excluding hydrogens is 290 g/mol. The predicted octanol–water partition coefficient (Wildman–Crippen LogP) is 3.34. The van der Waals surface area contributed by atoms with Gasteiger partial charge in [-0.2, -0.15) is 0 Å². The summed E-state index contributed by atoms with van der Waals surface area (Å²) >= 11 is 0. The lowest BCUT2D eigenvalue weighted by molar-refractivity contribution is 0.0912. The first-order chi connectivity index (χ1) is 10.8. The molecule has 0 aliphatic rings. The molecule has 23 heavy (non-hydrogen) atoms. The molecule has 0 aliphatic carbocycles. The molecule has 0 aliphatic heterocycles. The third-order valence-electron chi connectivity index (χ3n) is 3.58. The molecule has 0 atom stereocenters. The monoisotopic (exact) mass is 311 g/mol. The summed E-state index contributed by atoms with van der Waals surface area (Å²) in [6.45, 7) is 6.22. The van der Waals surface area contributed by atoms with Crippen LogP contribution in [0.4, 0.5) is 0 Å². The van der Waals surface area contributed by atoms with Gasteiger partial charge >= 0.3 is 0 Å². The predicted molar refractivity (Wildman–Crippen MR) is 89.9 cm³/mol. The van der Waals surface area contributed by atoms with Crippen LogP contribution < -0.4 is 10.5 Å². The van der Waals surface area contributed by atoms with E-state index in [-0.39, 0.29) is 23.4 Å². The zero-order valence-electron chi connectivity index (χ0n) is 13.6. The fourth-order valence-electron chi connectivity index (χ4n) is 2.18. The van der Waals surface area contributed by atoms with Crippen LogP contribution in [-0.4, -0.2) is 18.3 Å². The van der Waals surface area contributed by atoms with Gasteiger partial charge in [0.2, 0.25) is 0 Å². The van der Waals surface area contributed by atoms with E-state index in [0.29, 0.717) is 11.3 Å². The number of primary amides is 1. The number of para-hydroxylation sites is 1. The molecule has 2 aromatic carbocycles. The van der Waals surface area contributed by atoms with Gasteiger partial charge < -0.3 is 10.5 Å². The molecule has 0 fully saturated rings. The Balaban J connectivity index is 2.07. The normalized spacial score (nSPS) is 11.1. The lowest BCUT2D eigenvalue weighted by atomic mass is 9.86. The molecule has 0 saturated heterocycles. The SMILES string of the molecule is CC(C)(C)c1ccc(C(=O)COc2ccccc2C(N)=O)cc1. The molecule has 0 radical (unpaired) electrons. The Labute approximate surface area is 136 Å². The number of ether oxygens (including phenoxy) is 1. The second kappa shape index (κ2) is 6.65. The summed E-state index contributed by atoms with van der Waals surface area (Å²) in [7, 11) is 0. The molecule has 0 unspecified atom stereocenters. The lowest BCUT2D eigenvalue weighted by Crippen LogP contribution is -2.17. The molecule has 2 aromatic rings. The van der Waals surface area contributed by atoms with Crippen molar-refractivity contribution in [2.45, 2.75) is 26.2 Å². The smallest absolute Gasteiger partial charge is 0.252 e. The van der Waals surface area contributed by atoms with Crippen molar-refractivity contribution in [3.05, 3.63) is 65.2 Å². The van der Waals surface area contributed by atoms with Crippen LogP contribution in [0.5, 0.6) is 5.75 Å². The van der Waals surface area contributed by atoms with Crippen molar-refractivity contribution < 1.29 is 14.3 Å². The minimum absolute atomic E-state index is 0.0402. The number of ketones is 1. The fraction of sp³-hybridized carbons (Fsp3) is 0.263. The highest BCUT2D eigenvalue weighted by Crippen LogP contribution is 2.22. The molecule has 0 saturated carbocycles. The van der Waals surface area contributed by atoms with Crippen LogP contribution in [0.25, 0.3) is 0 Å². The molecule has 4 nitrogen and oxygen atoms in total. The molecule has 0 bridgehead atoms. The average Bonchev–Trinajstić information content (AvgIpc) is 2.52. The van der Waals surface area contributed by atoms with Crippen LogP contribution in [0, 0.1) is 0 Å². The van der Waals surface area contributed by atoms with Crippen LogP contribution in [0.3, 0.4) is 0 Å². The molecule has 4 heteroatoms. The Morgan fingerprint density at radius 2 is 1.61 bits per heavy atom. The first-order valence-electron chi connectivity index (χ1n) is 7.44. The Bertz CT molecular complexity index is 712. The van der Waals surface area contributed by atoms with Crippen LogP contribution in [-0.2, 0) is 5.41 Å². The minimum atomic E-state index is -0.581. The van der Waals surface area contributed by atoms with Crippen molar-refractivity contribution >= 4 is 11.7 Å². The van der Waals surface area contributed by atoms with Gasteiger partial charge in [-0.15, -0.1) is 0 Å². The van der Waals surface area contributed by atoms with E-state index in [0.717, 1.165) is 5.56 Å². The summed E-state index contributed by atoms with van der Waals surface area (Å²) in [5, 5.41) is 0. The molecule has 120 valence electrons. The highest BCUT2D eigenvalue weighted by atomic mass is 16.5. The van der Waals surface area contributed by atoms with Gasteiger partial charge in [0.05, 0.1) is 5.56 Å². The number of nitrogens with two attached hydrogens (primary N) is 1. The quantitative estimate of drug-likeness (QED) is 0.861. The number of benzene rings is 2. The van der Waals surface area contributed by atoms with Gasteiger partial charge in [0.15, 0.2) is 12.4 Å². The van der Waals surface area contributed by atoms with Crippen molar-refractivity contribution in [3.8, 4) is 5.75 Å². The van der Waals surface area contributed by atoms with Crippen molar-refractivity contribution in [2.24, 2.45) is 5.73 Å². The van der Waals surface area contributed by atoms with E-state index in [4.69, 9.17) is 10.5 Å². The maximum Gasteiger partial charge on any atom is 0.252 e. The van der Waals surface area contributed by atoms with Crippen molar-refractivity contribution in [1.29, 1.82) is 0 Å². The Morgan fingerprint density at radius 3 is 2.17 bits per heavy atom. The molecule has 0 aromatic heterocycles. The van der Waals surface area contributed by atoms with Crippen LogP contribution in [0.15, 0.2) is 48.5 Å². The second-order valence-corrected chi connectivity index (χ2v) is 6.40. The zero-order chi connectivity index (χ0) is 17.0. The number of rotatable bonds is 5. The van der Waals surface area contributed by atoms with Gasteiger partial charge in [0.1, 0.15) is 5.75 Å². The van der Waals surface area contributed by atoms with Gasteiger partial charge in [0.25, 0.3) is 5.91 Å². The van der Waals surface area contributed by atoms with Gasteiger partial charge in [-0.05, 0) is 23.1 Å². The highest BCUT2D eigenvalue weighted by molar-refractivity contribution is 5.98. The number of hydrogen-bond donors (Lipinski definition) is 1. The Morgan fingerprint density at radius 1 is 1.00 bits per heavy atom. The van der Waals surface area contributed by atoms with E-state index in [1.807, 2.05) is 12.1 Å². The topological polar surface area (TPSA) is 69.4 Å². The molecule has 1 amide bonds. The standard InChI is InChI=1S/C19H21NO3/c1-19(2,3)14-10-8-13(9-11-14)16(21)12-23-17-7-5-4-6-15(17)18(20)22/h4-11H,12H2,1-3H3,(H2,20,22). The number of amides is 1. The first-order valence-corrected chi connectivity index (χ1v) is 7.44. The summed E-state index contributed by atoms with van der Waals surface area (Å²) in [4.78, 5) is 23.5. The van der Waals surface area contributed by atoms with Crippen LogP contribution in [0.1, 0.15) is 47.1 Å². The van der Waals surface area contributed by atoms with Gasteiger partial charge in [-0.25, -0.2) is 0 Å². The second-order valence-electron chi connectivity index (χ2n) is 6.40. The largest absolute Gasteiger partial charge is 0.485 e. The summed E-state index contributed by atoms with van der Waals surface area (Å²) in [5.41, 5.74) is 7.33. The number of carbonyl (C=O) groups excluding carboxylic acids is 2. The first kappa shape index (κ1) is 16.7. The number of Topliss-reactive ketones (excluding diaryl/α,β-unsaturated/α-hetero) is 1. The lowest BCUT2D eigenvalue weighted by Gasteiger charge is -2.19. The van der Waals surface area contributed by atoms with E-state index in [1.54, 1.807) is 36.4 Å². The Kier molecular flexibility index (Phi) is 4.84.